The van der Waals surface area contributed by atoms with Crippen molar-refractivity contribution in [3.63, 3.8) is 0 Å². The summed E-state index contributed by atoms with van der Waals surface area (Å²) in [4.78, 5) is 4.73. The number of aromatic nitrogens is 2. The minimum atomic E-state index is -0.0509. The van der Waals surface area contributed by atoms with Crippen molar-refractivity contribution in [3.05, 3.63) is 70.3 Å². The lowest BCUT2D eigenvalue weighted by Crippen LogP contribution is -2.26. The molecular formula is C20H15BrN2. The van der Waals surface area contributed by atoms with Gasteiger partial charge in [0.15, 0.2) is 0 Å². The summed E-state index contributed by atoms with van der Waals surface area (Å²) < 4.78 is 3.43. The molecule has 0 N–H and O–H groups in total. The van der Waals surface area contributed by atoms with Crippen molar-refractivity contribution in [3.8, 4) is 5.82 Å². The summed E-state index contributed by atoms with van der Waals surface area (Å²) in [5.41, 5.74) is 5.09. The molecule has 0 amide bonds. The fraction of sp³-hybridized carbons (Fsp3) is 0.150. The van der Waals surface area contributed by atoms with Crippen molar-refractivity contribution in [2.75, 3.05) is 0 Å². The van der Waals surface area contributed by atoms with Gasteiger partial charge < -0.3 is 0 Å². The smallest absolute Gasteiger partial charge is 0.141 e. The molecule has 1 aliphatic heterocycles. The summed E-state index contributed by atoms with van der Waals surface area (Å²) in [6.45, 7) is 4.58. The van der Waals surface area contributed by atoms with Gasteiger partial charge >= 0.3 is 0 Å². The Bertz CT molecular complexity index is 1110. The molecule has 112 valence electrons. The third kappa shape index (κ3) is 1.56. The maximum atomic E-state index is 4.73. The number of benzene rings is 2. The van der Waals surface area contributed by atoms with E-state index in [2.05, 4.69) is 76.8 Å². The van der Waals surface area contributed by atoms with Crippen molar-refractivity contribution in [1.29, 1.82) is 0 Å². The van der Waals surface area contributed by atoms with Gasteiger partial charge in [-0.3, -0.25) is 4.57 Å². The van der Waals surface area contributed by atoms with Crippen LogP contribution in [0, 0.1) is 0 Å². The normalized spacial score (nSPS) is 15.1. The molecule has 23 heavy (non-hydrogen) atoms. The van der Waals surface area contributed by atoms with E-state index in [1.54, 1.807) is 0 Å². The van der Waals surface area contributed by atoms with Gasteiger partial charge in [0, 0.05) is 32.4 Å². The van der Waals surface area contributed by atoms with Crippen LogP contribution >= 0.6 is 15.9 Å². The van der Waals surface area contributed by atoms with Crippen LogP contribution in [0.15, 0.2) is 59.2 Å². The highest BCUT2D eigenvalue weighted by Crippen LogP contribution is 2.46. The van der Waals surface area contributed by atoms with Gasteiger partial charge in [-0.25, -0.2) is 4.98 Å². The number of para-hydroxylation sites is 1. The maximum Gasteiger partial charge on any atom is 0.141 e. The van der Waals surface area contributed by atoms with E-state index in [9.17, 15) is 0 Å². The standard InChI is InChI=1S/C20H15BrN2/c1-20(2)15-6-3-5-13-14-11-12(21)8-9-17(14)23(18(13)15)19-16(20)7-4-10-22-19/h3-11H,1-2H3. The molecule has 3 heterocycles. The Balaban J connectivity index is 2.13. The van der Waals surface area contributed by atoms with Gasteiger partial charge in [-0.15, -0.1) is 0 Å². The molecule has 0 saturated carbocycles. The Labute approximate surface area is 142 Å². The predicted molar refractivity (Wildman–Crippen MR) is 98.4 cm³/mol. The minimum absolute atomic E-state index is 0.0509. The zero-order valence-corrected chi connectivity index (χ0v) is 14.6. The Morgan fingerprint density at radius 3 is 2.65 bits per heavy atom. The average molecular weight is 363 g/mol. The molecular weight excluding hydrogens is 348 g/mol. The van der Waals surface area contributed by atoms with E-state index >= 15 is 0 Å². The Kier molecular flexibility index (Phi) is 2.45. The second-order valence-electron chi connectivity index (χ2n) is 6.70. The first-order valence-electron chi connectivity index (χ1n) is 7.78. The van der Waals surface area contributed by atoms with Crippen molar-refractivity contribution in [2.45, 2.75) is 19.3 Å². The second kappa shape index (κ2) is 4.24. The highest BCUT2D eigenvalue weighted by Gasteiger charge is 2.35. The lowest BCUT2D eigenvalue weighted by atomic mass is 9.76. The van der Waals surface area contributed by atoms with E-state index < -0.39 is 0 Å². The maximum absolute atomic E-state index is 4.73. The van der Waals surface area contributed by atoms with Gasteiger partial charge in [-0.05, 0) is 29.8 Å². The van der Waals surface area contributed by atoms with Gasteiger partial charge in [-0.2, -0.15) is 0 Å². The molecule has 0 fully saturated rings. The van der Waals surface area contributed by atoms with Crippen LogP contribution in [-0.2, 0) is 5.41 Å². The zero-order valence-electron chi connectivity index (χ0n) is 13.0. The number of hydrogen-bond donors (Lipinski definition) is 0. The number of nitrogens with zero attached hydrogens (tertiary/aromatic N) is 2. The molecule has 0 bridgehead atoms. The molecule has 0 saturated heterocycles. The van der Waals surface area contributed by atoms with E-state index in [0.29, 0.717) is 0 Å². The lowest BCUT2D eigenvalue weighted by Gasteiger charge is -2.33. The first kappa shape index (κ1) is 13.3. The van der Waals surface area contributed by atoms with Gasteiger partial charge in [0.05, 0.1) is 11.0 Å². The van der Waals surface area contributed by atoms with E-state index in [0.717, 1.165) is 10.3 Å². The summed E-state index contributed by atoms with van der Waals surface area (Å²) in [6.07, 6.45) is 1.89. The molecule has 0 unspecified atom stereocenters. The van der Waals surface area contributed by atoms with Crippen LogP contribution in [0.3, 0.4) is 0 Å². The van der Waals surface area contributed by atoms with Crippen LogP contribution in [0.5, 0.6) is 0 Å². The van der Waals surface area contributed by atoms with Gasteiger partial charge in [0.1, 0.15) is 5.82 Å². The van der Waals surface area contributed by atoms with Crippen LogP contribution in [0.2, 0.25) is 0 Å². The third-order valence-corrected chi connectivity index (χ3v) is 5.59. The minimum Gasteiger partial charge on any atom is -0.293 e. The number of rotatable bonds is 0. The van der Waals surface area contributed by atoms with Crippen molar-refractivity contribution in [1.82, 2.24) is 9.55 Å². The van der Waals surface area contributed by atoms with Gasteiger partial charge in [-0.1, -0.05) is 54.0 Å². The number of halogens is 1. The van der Waals surface area contributed by atoms with Gasteiger partial charge in [0.2, 0.25) is 0 Å². The fourth-order valence-electron chi connectivity index (χ4n) is 3.97. The van der Waals surface area contributed by atoms with E-state index in [1.807, 2.05) is 12.3 Å². The van der Waals surface area contributed by atoms with Crippen LogP contribution in [0.1, 0.15) is 25.0 Å². The highest BCUT2D eigenvalue weighted by atomic mass is 79.9. The van der Waals surface area contributed by atoms with Crippen molar-refractivity contribution >= 4 is 37.7 Å². The SMILES string of the molecule is CC1(C)c2cccnc2-n2c3ccc(Br)cc3c3cccc1c32. The first-order chi connectivity index (χ1) is 11.1. The lowest BCUT2D eigenvalue weighted by molar-refractivity contribution is 0.624. The molecule has 5 rings (SSSR count). The second-order valence-corrected chi connectivity index (χ2v) is 7.61. The largest absolute Gasteiger partial charge is 0.293 e. The molecule has 0 radical (unpaired) electrons. The summed E-state index contributed by atoms with van der Waals surface area (Å²) in [6, 6.07) is 17.4. The fourth-order valence-corrected chi connectivity index (χ4v) is 4.33. The summed E-state index contributed by atoms with van der Waals surface area (Å²) >= 11 is 3.61. The summed E-state index contributed by atoms with van der Waals surface area (Å²) in [7, 11) is 0. The number of pyridine rings is 1. The molecule has 0 spiro atoms. The zero-order chi connectivity index (χ0) is 15.8. The summed E-state index contributed by atoms with van der Waals surface area (Å²) in [5, 5.41) is 2.56. The highest BCUT2D eigenvalue weighted by molar-refractivity contribution is 9.10. The third-order valence-electron chi connectivity index (χ3n) is 5.09. The predicted octanol–water partition coefficient (Wildman–Crippen LogP) is 5.58. The first-order valence-corrected chi connectivity index (χ1v) is 8.57. The topological polar surface area (TPSA) is 17.8 Å². The molecule has 2 aromatic carbocycles. The molecule has 0 aliphatic carbocycles. The number of hydrogen-bond acceptors (Lipinski definition) is 1. The molecule has 1 aliphatic rings. The van der Waals surface area contributed by atoms with Crippen LogP contribution in [0.4, 0.5) is 0 Å². The number of fused-ring (bicyclic) bond motifs is 5. The van der Waals surface area contributed by atoms with E-state index in [-0.39, 0.29) is 5.41 Å². The molecule has 3 heteroatoms. The summed E-state index contributed by atoms with van der Waals surface area (Å²) in [5.74, 6) is 1.05. The van der Waals surface area contributed by atoms with Crippen LogP contribution < -0.4 is 0 Å². The Morgan fingerprint density at radius 2 is 1.78 bits per heavy atom. The van der Waals surface area contributed by atoms with E-state index in [1.165, 1.54) is 32.9 Å². The van der Waals surface area contributed by atoms with Crippen LogP contribution in [-0.4, -0.2) is 9.55 Å². The van der Waals surface area contributed by atoms with Crippen molar-refractivity contribution in [2.24, 2.45) is 0 Å². The quantitative estimate of drug-likeness (QED) is 0.399. The molecule has 2 aromatic heterocycles. The molecule has 0 atom stereocenters. The average Bonchev–Trinajstić information content (AvgIpc) is 2.88. The Hall–Kier alpha value is -2.13. The molecule has 2 nitrogen and oxygen atoms in total. The van der Waals surface area contributed by atoms with E-state index in [4.69, 9.17) is 4.98 Å². The monoisotopic (exact) mass is 362 g/mol. The Morgan fingerprint density at radius 1 is 0.957 bits per heavy atom. The van der Waals surface area contributed by atoms with Crippen LogP contribution in [0.25, 0.3) is 27.6 Å². The molecule has 4 aromatic rings. The van der Waals surface area contributed by atoms with Crippen molar-refractivity contribution < 1.29 is 0 Å². The van der Waals surface area contributed by atoms with Gasteiger partial charge in [0.25, 0.3) is 0 Å².